The molecule has 0 aromatic carbocycles. The molecular formula is C8H10F2O2. The molecule has 1 N–H and O–H groups in total. The van der Waals surface area contributed by atoms with Crippen LogP contribution in [0.4, 0.5) is 8.78 Å². The van der Waals surface area contributed by atoms with Crippen molar-refractivity contribution in [2.24, 2.45) is 0 Å². The molecule has 1 aliphatic carbocycles. The molecule has 12 heavy (non-hydrogen) atoms. The summed E-state index contributed by atoms with van der Waals surface area (Å²) >= 11 is 0. The molecule has 68 valence electrons. The Balaban J connectivity index is 2.91. The van der Waals surface area contributed by atoms with E-state index in [0.717, 1.165) is 12.2 Å². The van der Waals surface area contributed by atoms with Gasteiger partial charge in [0.05, 0.1) is 6.61 Å². The number of hydrogen-bond acceptors (Lipinski definition) is 2. The molecule has 0 aromatic heterocycles. The lowest BCUT2D eigenvalue weighted by molar-refractivity contribution is -0.0300. The summed E-state index contributed by atoms with van der Waals surface area (Å²) in [5.41, 5.74) is -2.13. The zero-order valence-corrected chi connectivity index (χ0v) is 6.63. The molecule has 0 aliphatic heterocycles. The average Bonchev–Trinajstić information content (AvgIpc) is 2.05. The summed E-state index contributed by atoms with van der Waals surface area (Å²) in [5, 5.41) is 8.67. The van der Waals surface area contributed by atoms with Gasteiger partial charge in [0.1, 0.15) is 11.9 Å². The highest BCUT2D eigenvalue weighted by molar-refractivity contribution is 5.27. The minimum absolute atomic E-state index is 0.712. The van der Waals surface area contributed by atoms with E-state index in [1.807, 2.05) is 0 Å². The number of aliphatic hydroxyl groups excluding tert-OH is 1. The summed E-state index contributed by atoms with van der Waals surface area (Å²) < 4.78 is 30.9. The Bertz CT molecular complexity index is 225. The van der Waals surface area contributed by atoms with Crippen molar-refractivity contribution in [3.8, 4) is 0 Å². The molecule has 0 bridgehead atoms. The molecule has 1 aliphatic rings. The van der Waals surface area contributed by atoms with E-state index in [9.17, 15) is 8.78 Å². The van der Waals surface area contributed by atoms with Gasteiger partial charge in [-0.1, -0.05) is 6.08 Å². The lowest BCUT2D eigenvalue weighted by Gasteiger charge is -2.29. The van der Waals surface area contributed by atoms with Crippen molar-refractivity contribution < 1.29 is 18.6 Å². The number of allylic oxidation sites excluding steroid dienone is 2. The van der Waals surface area contributed by atoms with Gasteiger partial charge in [-0.15, -0.1) is 0 Å². The molecule has 4 heteroatoms. The number of methoxy groups -OCH3 is 1. The van der Waals surface area contributed by atoms with Crippen LogP contribution < -0.4 is 0 Å². The van der Waals surface area contributed by atoms with E-state index in [1.54, 1.807) is 0 Å². The first kappa shape index (κ1) is 9.35. The standard InChI is InChI=1S/C8H10F2O2/c1-12-7-6(9)3-2-4-8(7,10)5-11/h2-4,7,11H,5H2,1H3. The highest BCUT2D eigenvalue weighted by Crippen LogP contribution is 2.29. The molecule has 2 unspecified atom stereocenters. The van der Waals surface area contributed by atoms with Gasteiger partial charge in [-0.2, -0.15) is 0 Å². The molecule has 0 radical (unpaired) electrons. The molecule has 0 fully saturated rings. The topological polar surface area (TPSA) is 29.5 Å². The van der Waals surface area contributed by atoms with Gasteiger partial charge in [0.2, 0.25) is 0 Å². The van der Waals surface area contributed by atoms with Gasteiger partial charge in [0.15, 0.2) is 5.67 Å². The lowest BCUT2D eigenvalue weighted by atomic mass is 9.94. The third-order valence-corrected chi connectivity index (χ3v) is 1.79. The predicted octanol–water partition coefficient (Wildman–Crippen LogP) is 1.13. The first-order valence-corrected chi connectivity index (χ1v) is 3.51. The summed E-state index contributed by atoms with van der Waals surface area (Å²) in [6.45, 7) is -0.788. The number of ether oxygens (including phenoxy) is 1. The third-order valence-electron chi connectivity index (χ3n) is 1.79. The zero-order valence-electron chi connectivity index (χ0n) is 6.63. The average molecular weight is 176 g/mol. The Labute approximate surface area is 69.1 Å². The molecule has 0 saturated heterocycles. The summed E-state index contributed by atoms with van der Waals surface area (Å²) in [4.78, 5) is 0. The Morgan fingerprint density at radius 1 is 1.75 bits per heavy atom. The molecule has 0 aromatic rings. The van der Waals surface area contributed by atoms with Crippen LogP contribution in [0.5, 0.6) is 0 Å². The van der Waals surface area contributed by atoms with Crippen LogP contribution >= 0.6 is 0 Å². The Morgan fingerprint density at radius 2 is 2.42 bits per heavy atom. The van der Waals surface area contributed by atoms with E-state index >= 15 is 0 Å². The van der Waals surface area contributed by atoms with Crippen molar-refractivity contribution in [3.05, 3.63) is 24.1 Å². The van der Waals surface area contributed by atoms with Gasteiger partial charge in [0, 0.05) is 7.11 Å². The van der Waals surface area contributed by atoms with Crippen molar-refractivity contribution in [1.29, 1.82) is 0 Å². The summed E-state index contributed by atoms with van der Waals surface area (Å²) in [6, 6.07) is 0. The third kappa shape index (κ3) is 1.40. The second kappa shape index (κ2) is 3.33. The van der Waals surface area contributed by atoms with Gasteiger partial charge in [-0.05, 0) is 12.2 Å². The number of alkyl halides is 1. The lowest BCUT2D eigenvalue weighted by Crippen LogP contribution is -2.42. The van der Waals surface area contributed by atoms with Gasteiger partial charge in [0.25, 0.3) is 0 Å². The quantitative estimate of drug-likeness (QED) is 0.683. The van der Waals surface area contributed by atoms with Crippen molar-refractivity contribution in [2.75, 3.05) is 13.7 Å². The second-order valence-electron chi connectivity index (χ2n) is 2.61. The summed E-state index contributed by atoms with van der Waals surface area (Å²) in [5.74, 6) is -0.712. The molecule has 0 spiro atoms. The summed E-state index contributed by atoms with van der Waals surface area (Å²) in [7, 11) is 1.20. The van der Waals surface area contributed by atoms with Crippen LogP contribution in [-0.4, -0.2) is 30.6 Å². The van der Waals surface area contributed by atoms with E-state index in [2.05, 4.69) is 4.74 Å². The fourth-order valence-electron chi connectivity index (χ4n) is 1.15. The van der Waals surface area contributed by atoms with Crippen LogP contribution in [-0.2, 0) is 4.74 Å². The van der Waals surface area contributed by atoms with Crippen LogP contribution in [0.3, 0.4) is 0 Å². The molecule has 0 saturated carbocycles. The van der Waals surface area contributed by atoms with Gasteiger partial charge in [-0.25, -0.2) is 8.78 Å². The van der Waals surface area contributed by atoms with Crippen molar-refractivity contribution in [1.82, 2.24) is 0 Å². The number of rotatable bonds is 2. The van der Waals surface area contributed by atoms with Crippen LogP contribution in [0, 0.1) is 0 Å². The molecule has 0 amide bonds. The van der Waals surface area contributed by atoms with E-state index in [0.29, 0.717) is 0 Å². The SMILES string of the molecule is COC1C(F)=CC=CC1(F)CO. The van der Waals surface area contributed by atoms with Crippen LogP contribution in [0.2, 0.25) is 0 Å². The largest absolute Gasteiger partial charge is 0.393 e. The Kier molecular flexibility index (Phi) is 2.59. The first-order valence-electron chi connectivity index (χ1n) is 3.51. The Morgan fingerprint density at radius 3 is 2.83 bits per heavy atom. The van der Waals surface area contributed by atoms with Gasteiger partial charge >= 0.3 is 0 Å². The summed E-state index contributed by atoms with van der Waals surface area (Å²) in [6.07, 6.45) is 2.10. The van der Waals surface area contributed by atoms with E-state index in [4.69, 9.17) is 5.11 Å². The van der Waals surface area contributed by atoms with Crippen molar-refractivity contribution >= 4 is 0 Å². The number of aliphatic hydroxyl groups is 1. The maximum Gasteiger partial charge on any atom is 0.184 e. The highest BCUT2D eigenvalue weighted by atomic mass is 19.2. The minimum atomic E-state index is -2.13. The van der Waals surface area contributed by atoms with E-state index in [-0.39, 0.29) is 0 Å². The molecule has 2 atom stereocenters. The number of halogens is 2. The molecule has 1 rings (SSSR count). The predicted molar refractivity (Wildman–Crippen MR) is 40.1 cm³/mol. The van der Waals surface area contributed by atoms with Crippen LogP contribution in [0.25, 0.3) is 0 Å². The smallest absolute Gasteiger partial charge is 0.184 e. The fourth-order valence-corrected chi connectivity index (χ4v) is 1.15. The second-order valence-corrected chi connectivity index (χ2v) is 2.61. The van der Waals surface area contributed by atoms with Crippen molar-refractivity contribution in [3.63, 3.8) is 0 Å². The number of hydrogen-bond donors (Lipinski definition) is 1. The molecule has 0 heterocycles. The van der Waals surface area contributed by atoms with Crippen molar-refractivity contribution in [2.45, 2.75) is 11.8 Å². The maximum absolute atomic E-state index is 13.5. The van der Waals surface area contributed by atoms with Gasteiger partial charge < -0.3 is 9.84 Å². The zero-order chi connectivity index (χ0) is 9.19. The maximum atomic E-state index is 13.5. The highest BCUT2D eigenvalue weighted by Gasteiger charge is 2.41. The Hall–Kier alpha value is -0.740. The molecule has 2 nitrogen and oxygen atoms in total. The van der Waals surface area contributed by atoms with E-state index < -0.39 is 24.2 Å². The fraction of sp³-hybridized carbons (Fsp3) is 0.500. The first-order chi connectivity index (χ1) is 5.64. The monoisotopic (exact) mass is 176 g/mol. The van der Waals surface area contributed by atoms with E-state index in [1.165, 1.54) is 13.2 Å². The minimum Gasteiger partial charge on any atom is -0.393 e. The van der Waals surface area contributed by atoms with Crippen LogP contribution in [0.1, 0.15) is 0 Å². The molecular weight excluding hydrogens is 166 g/mol. The van der Waals surface area contributed by atoms with Crippen LogP contribution in [0.15, 0.2) is 24.1 Å². The van der Waals surface area contributed by atoms with Gasteiger partial charge in [-0.3, -0.25) is 0 Å². The normalized spacial score (nSPS) is 35.0.